The van der Waals surface area contributed by atoms with E-state index in [-0.39, 0.29) is 5.75 Å². The van der Waals surface area contributed by atoms with Crippen molar-refractivity contribution in [3.8, 4) is 0 Å². The average Bonchev–Trinajstić information content (AvgIpc) is 2.71. The molecule has 0 saturated heterocycles. The van der Waals surface area contributed by atoms with Crippen molar-refractivity contribution in [2.75, 3.05) is 24.2 Å². The molecule has 0 unspecified atom stereocenters. The Hall–Kier alpha value is -1.08. The minimum atomic E-state index is -3.22. The Balaban J connectivity index is 2.38. The molecule has 0 spiro atoms. The molecule has 102 valence electrons. The smallest absolute Gasteiger partial charge is 0.234 e. The van der Waals surface area contributed by atoms with E-state index in [1.165, 1.54) is 4.31 Å². The van der Waals surface area contributed by atoms with Gasteiger partial charge < -0.3 is 0 Å². The lowest BCUT2D eigenvalue weighted by molar-refractivity contribution is 0.183. The third kappa shape index (κ3) is 2.12. The van der Waals surface area contributed by atoms with Crippen molar-refractivity contribution in [3.05, 3.63) is 11.9 Å². The van der Waals surface area contributed by atoms with E-state index < -0.39 is 10.0 Å². The molecule has 0 aromatic carbocycles. The van der Waals surface area contributed by atoms with E-state index in [1.54, 1.807) is 20.2 Å². The lowest BCUT2D eigenvalue weighted by atomic mass is 10.2. The van der Waals surface area contributed by atoms with Crippen molar-refractivity contribution in [1.82, 2.24) is 14.7 Å². The highest BCUT2D eigenvalue weighted by Gasteiger charge is 2.27. The molecule has 0 bridgehead atoms. The summed E-state index contributed by atoms with van der Waals surface area (Å²) < 4.78 is 27.1. The quantitative estimate of drug-likeness (QED) is 0.804. The van der Waals surface area contributed by atoms with Crippen molar-refractivity contribution < 1.29 is 8.42 Å². The molecule has 0 saturated carbocycles. The Bertz CT molecular complexity index is 537. The fraction of sp³-hybridized carbons (Fsp3) is 0.727. The first-order valence-electron chi connectivity index (χ1n) is 6.08. The molecule has 1 aromatic rings. The summed E-state index contributed by atoms with van der Waals surface area (Å²) in [6, 6.07) is 0.415. The van der Waals surface area contributed by atoms with Gasteiger partial charge >= 0.3 is 0 Å². The summed E-state index contributed by atoms with van der Waals surface area (Å²) in [6.45, 7) is 5.30. The number of aromatic nitrogens is 2. The number of sulfonamides is 1. The van der Waals surface area contributed by atoms with Crippen molar-refractivity contribution in [2.45, 2.75) is 33.0 Å². The third-order valence-electron chi connectivity index (χ3n) is 3.64. The van der Waals surface area contributed by atoms with Gasteiger partial charge in [-0.2, -0.15) is 5.10 Å². The second kappa shape index (κ2) is 4.55. The largest absolute Gasteiger partial charge is 0.296 e. The maximum atomic E-state index is 11.9. The zero-order valence-electron chi connectivity index (χ0n) is 11.3. The summed E-state index contributed by atoms with van der Waals surface area (Å²) in [7, 11) is 0.409. The molecule has 1 aliphatic rings. The Morgan fingerprint density at radius 3 is 2.83 bits per heavy atom. The molecular formula is C11H20N4O2S. The van der Waals surface area contributed by atoms with E-state index in [0.717, 1.165) is 18.8 Å². The Morgan fingerprint density at radius 2 is 2.22 bits per heavy atom. The lowest BCUT2D eigenvalue weighted by Gasteiger charge is -2.31. The van der Waals surface area contributed by atoms with Crippen LogP contribution >= 0.6 is 0 Å². The molecule has 2 rings (SSSR count). The number of rotatable bonds is 3. The first kappa shape index (κ1) is 13.4. The summed E-state index contributed by atoms with van der Waals surface area (Å²) in [5.41, 5.74) is 1.66. The standard InChI is InChI=1S/C11H20N4O2S/c1-5-18(16,17)14(4)10-6-12-15-7-9(2)13(3)8-11(10)15/h6,9H,5,7-8H2,1-4H3/t9-/m0/s1. The van der Waals surface area contributed by atoms with Gasteiger partial charge in [-0.3, -0.25) is 13.9 Å². The number of anilines is 1. The van der Waals surface area contributed by atoms with Gasteiger partial charge in [0.2, 0.25) is 10.0 Å². The number of nitrogens with zero attached hydrogens (tertiary/aromatic N) is 4. The van der Waals surface area contributed by atoms with Gasteiger partial charge in [-0.25, -0.2) is 8.42 Å². The van der Waals surface area contributed by atoms with Crippen LogP contribution < -0.4 is 4.31 Å². The monoisotopic (exact) mass is 272 g/mol. The van der Waals surface area contributed by atoms with E-state index >= 15 is 0 Å². The summed E-state index contributed by atoms with van der Waals surface area (Å²) in [4.78, 5) is 2.20. The van der Waals surface area contributed by atoms with Crippen LogP contribution in [0.3, 0.4) is 0 Å². The molecule has 2 heterocycles. The van der Waals surface area contributed by atoms with Crippen molar-refractivity contribution in [1.29, 1.82) is 0 Å². The molecule has 0 aliphatic carbocycles. The van der Waals surface area contributed by atoms with Gasteiger partial charge in [0.1, 0.15) is 0 Å². The predicted octanol–water partition coefficient (Wildman–Crippen LogP) is 0.503. The van der Waals surface area contributed by atoms with Crippen LogP contribution in [0.5, 0.6) is 0 Å². The predicted molar refractivity (Wildman–Crippen MR) is 71.0 cm³/mol. The fourth-order valence-corrected chi connectivity index (χ4v) is 2.95. The second-order valence-corrected chi connectivity index (χ2v) is 7.08. The molecule has 1 aromatic heterocycles. The van der Waals surface area contributed by atoms with Crippen LogP contribution in [0.1, 0.15) is 19.5 Å². The zero-order chi connectivity index (χ0) is 13.5. The highest BCUT2D eigenvalue weighted by Crippen LogP contribution is 2.26. The SMILES string of the molecule is CCS(=O)(=O)N(C)c1cnn2c1CN(C)[C@@H](C)C2. The lowest BCUT2D eigenvalue weighted by Crippen LogP contribution is -2.39. The van der Waals surface area contributed by atoms with E-state index in [0.29, 0.717) is 11.7 Å². The van der Waals surface area contributed by atoms with Crippen molar-refractivity contribution >= 4 is 15.7 Å². The minimum absolute atomic E-state index is 0.0976. The van der Waals surface area contributed by atoms with Gasteiger partial charge in [0, 0.05) is 19.6 Å². The molecule has 6 nitrogen and oxygen atoms in total. The molecule has 7 heteroatoms. The van der Waals surface area contributed by atoms with Gasteiger partial charge in [0.25, 0.3) is 0 Å². The highest BCUT2D eigenvalue weighted by atomic mass is 32.2. The Labute approximate surface area is 108 Å². The van der Waals surface area contributed by atoms with Crippen molar-refractivity contribution in [3.63, 3.8) is 0 Å². The maximum absolute atomic E-state index is 11.9. The molecular weight excluding hydrogens is 252 g/mol. The van der Waals surface area contributed by atoms with Crippen LogP contribution in [-0.2, 0) is 23.1 Å². The molecule has 18 heavy (non-hydrogen) atoms. The number of fused-ring (bicyclic) bond motifs is 1. The Morgan fingerprint density at radius 1 is 1.56 bits per heavy atom. The van der Waals surface area contributed by atoms with E-state index in [1.807, 2.05) is 11.7 Å². The third-order valence-corrected chi connectivity index (χ3v) is 5.40. The van der Waals surface area contributed by atoms with Crippen LogP contribution in [0.15, 0.2) is 6.20 Å². The van der Waals surface area contributed by atoms with Gasteiger partial charge in [0.05, 0.1) is 29.9 Å². The number of hydrogen-bond acceptors (Lipinski definition) is 4. The molecule has 1 aliphatic heterocycles. The minimum Gasteiger partial charge on any atom is -0.296 e. The summed E-state index contributed by atoms with van der Waals surface area (Å²) >= 11 is 0. The van der Waals surface area contributed by atoms with Crippen molar-refractivity contribution in [2.24, 2.45) is 0 Å². The summed E-state index contributed by atoms with van der Waals surface area (Å²) in [5, 5.41) is 4.29. The van der Waals surface area contributed by atoms with Gasteiger partial charge in [-0.05, 0) is 20.9 Å². The van der Waals surface area contributed by atoms with Gasteiger partial charge in [-0.15, -0.1) is 0 Å². The molecule has 0 fully saturated rings. The molecule has 0 amide bonds. The van der Waals surface area contributed by atoms with Crippen LogP contribution in [0.2, 0.25) is 0 Å². The molecule has 0 radical (unpaired) electrons. The summed E-state index contributed by atoms with van der Waals surface area (Å²) in [6.07, 6.45) is 1.65. The van der Waals surface area contributed by atoms with E-state index in [4.69, 9.17) is 0 Å². The first-order chi connectivity index (χ1) is 8.36. The van der Waals surface area contributed by atoms with Gasteiger partial charge in [-0.1, -0.05) is 0 Å². The van der Waals surface area contributed by atoms with Crippen LogP contribution in [0.4, 0.5) is 5.69 Å². The zero-order valence-corrected chi connectivity index (χ0v) is 12.1. The second-order valence-electron chi connectivity index (χ2n) is 4.79. The average molecular weight is 272 g/mol. The normalized spacial score (nSPS) is 20.8. The van der Waals surface area contributed by atoms with E-state index in [9.17, 15) is 8.42 Å². The topological polar surface area (TPSA) is 58.4 Å². The highest BCUT2D eigenvalue weighted by molar-refractivity contribution is 7.92. The first-order valence-corrected chi connectivity index (χ1v) is 7.69. The number of likely N-dealkylation sites (N-methyl/N-ethyl adjacent to an activating group) is 1. The fourth-order valence-electron chi connectivity index (χ4n) is 2.11. The van der Waals surface area contributed by atoms with Gasteiger partial charge in [0.15, 0.2) is 0 Å². The Kier molecular flexibility index (Phi) is 3.37. The van der Waals surface area contributed by atoms with E-state index in [2.05, 4.69) is 16.9 Å². The molecule has 0 N–H and O–H groups in total. The number of hydrogen-bond donors (Lipinski definition) is 0. The molecule has 1 atom stereocenters. The van der Waals surface area contributed by atoms with Crippen LogP contribution in [0, 0.1) is 0 Å². The van der Waals surface area contributed by atoms with Crippen LogP contribution in [0.25, 0.3) is 0 Å². The van der Waals surface area contributed by atoms with Crippen LogP contribution in [-0.4, -0.2) is 49.0 Å². The summed E-state index contributed by atoms with van der Waals surface area (Å²) in [5.74, 6) is 0.0976. The maximum Gasteiger partial charge on any atom is 0.234 e.